The van der Waals surface area contributed by atoms with Gasteiger partial charge in [-0.2, -0.15) is 0 Å². The molecule has 4 rings (SSSR count). The molecule has 2 aromatic rings. The topological polar surface area (TPSA) is 38.8 Å². The van der Waals surface area contributed by atoms with Gasteiger partial charge in [0, 0.05) is 4.88 Å². The first-order chi connectivity index (χ1) is 11.2. The number of ether oxygens (including phenoxy) is 2. The van der Waals surface area contributed by atoms with Gasteiger partial charge in [0.25, 0.3) is 5.91 Å². The zero-order chi connectivity index (χ0) is 15.8. The summed E-state index contributed by atoms with van der Waals surface area (Å²) in [4.78, 5) is 15.9. The van der Waals surface area contributed by atoms with Crippen LogP contribution in [0.15, 0.2) is 40.6 Å². The molecule has 1 fully saturated rings. The van der Waals surface area contributed by atoms with E-state index in [0.717, 1.165) is 16.2 Å². The summed E-state index contributed by atoms with van der Waals surface area (Å²) in [6.45, 7) is 0.673. The van der Waals surface area contributed by atoms with Gasteiger partial charge >= 0.3 is 0 Å². The van der Waals surface area contributed by atoms with Gasteiger partial charge in [0.2, 0.25) is 6.79 Å². The van der Waals surface area contributed by atoms with Gasteiger partial charge in [0.15, 0.2) is 11.5 Å². The lowest BCUT2D eigenvalue weighted by Crippen LogP contribution is -2.27. The number of hydrogen-bond acceptors (Lipinski definition) is 6. The Hall–Kier alpha value is -1.83. The highest BCUT2D eigenvalue weighted by molar-refractivity contribution is 8.26. The van der Waals surface area contributed by atoms with E-state index in [0.29, 0.717) is 21.5 Å². The van der Waals surface area contributed by atoms with E-state index in [2.05, 4.69) is 0 Å². The van der Waals surface area contributed by atoms with Crippen molar-refractivity contribution in [3.05, 3.63) is 51.1 Å². The average Bonchev–Trinajstić information content (AvgIpc) is 3.25. The van der Waals surface area contributed by atoms with Crippen LogP contribution in [0.1, 0.15) is 10.4 Å². The van der Waals surface area contributed by atoms with Crippen LogP contribution < -0.4 is 9.47 Å². The Morgan fingerprint density at radius 3 is 2.96 bits per heavy atom. The summed E-state index contributed by atoms with van der Waals surface area (Å²) < 4.78 is 11.3. The van der Waals surface area contributed by atoms with Crippen molar-refractivity contribution in [1.29, 1.82) is 0 Å². The fraction of sp³-hybridized carbons (Fsp3) is 0.125. The zero-order valence-corrected chi connectivity index (χ0v) is 14.3. The lowest BCUT2D eigenvalue weighted by molar-refractivity contribution is -0.122. The second-order valence-electron chi connectivity index (χ2n) is 4.97. The molecule has 23 heavy (non-hydrogen) atoms. The Bertz CT molecular complexity index is 814. The van der Waals surface area contributed by atoms with Crippen molar-refractivity contribution in [3.8, 4) is 11.5 Å². The average molecular weight is 361 g/mol. The van der Waals surface area contributed by atoms with E-state index in [9.17, 15) is 4.79 Å². The number of fused-ring (bicyclic) bond motifs is 1. The minimum atomic E-state index is -0.0499. The van der Waals surface area contributed by atoms with Crippen molar-refractivity contribution in [2.24, 2.45) is 0 Å². The summed E-state index contributed by atoms with van der Waals surface area (Å²) in [6, 6.07) is 9.62. The molecule has 0 N–H and O–H groups in total. The van der Waals surface area contributed by atoms with Crippen LogP contribution in [-0.4, -0.2) is 21.9 Å². The molecule has 0 spiro atoms. The Morgan fingerprint density at radius 1 is 1.26 bits per heavy atom. The monoisotopic (exact) mass is 361 g/mol. The summed E-state index contributed by atoms with van der Waals surface area (Å²) in [5, 5.41) is 1.99. The summed E-state index contributed by atoms with van der Waals surface area (Å²) in [5.41, 5.74) is 0.961. The van der Waals surface area contributed by atoms with Crippen molar-refractivity contribution in [2.75, 3.05) is 6.79 Å². The lowest BCUT2D eigenvalue weighted by atomic mass is 10.2. The number of rotatable bonds is 3. The number of thiophene rings is 1. The van der Waals surface area contributed by atoms with Gasteiger partial charge in [0.05, 0.1) is 11.4 Å². The molecule has 0 bridgehead atoms. The zero-order valence-electron chi connectivity index (χ0n) is 11.9. The predicted octanol–water partition coefficient (Wildman–Crippen LogP) is 3.88. The third-order valence-corrected chi connectivity index (χ3v) is 5.66. The number of carbonyl (C=O) groups excluding carboxylic acids is 1. The number of amides is 1. The number of carbonyl (C=O) groups is 1. The first kappa shape index (κ1) is 14.7. The van der Waals surface area contributed by atoms with Crippen molar-refractivity contribution in [2.45, 2.75) is 6.54 Å². The van der Waals surface area contributed by atoms with Crippen LogP contribution >= 0.6 is 35.3 Å². The summed E-state index contributed by atoms with van der Waals surface area (Å²) >= 11 is 8.31. The predicted molar refractivity (Wildman–Crippen MR) is 95.6 cm³/mol. The number of hydrogen-bond donors (Lipinski definition) is 0. The molecular formula is C16H11NO3S3. The molecular weight excluding hydrogens is 350 g/mol. The summed E-state index contributed by atoms with van der Waals surface area (Å²) in [6.07, 6.45) is 1.89. The standard InChI is InChI=1S/C16H11NO3S3/c18-15-14(7-11-2-1-5-22-11)23-16(21)17(15)8-10-3-4-12-13(6-10)20-9-19-12/h1-7H,8-9H2/b14-7-. The van der Waals surface area contributed by atoms with Crippen LogP contribution in [0.25, 0.3) is 6.08 Å². The maximum Gasteiger partial charge on any atom is 0.266 e. The molecule has 0 unspecified atom stereocenters. The minimum absolute atomic E-state index is 0.0499. The van der Waals surface area contributed by atoms with E-state index in [1.807, 2.05) is 41.8 Å². The Labute approximate surface area is 146 Å². The number of thioether (sulfide) groups is 1. The molecule has 1 saturated heterocycles. The highest BCUT2D eigenvalue weighted by Gasteiger charge is 2.32. The molecule has 2 aliphatic heterocycles. The first-order valence-electron chi connectivity index (χ1n) is 6.88. The first-order valence-corrected chi connectivity index (χ1v) is 8.98. The lowest BCUT2D eigenvalue weighted by Gasteiger charge is -2.14. The smallest absolute Gasteiger partial charge is 0.266 e. The quantitative estimate of drug-likeness (QED) is 0.613. The Balaban J connectivity index is 1.55. The number of thiocarbonyl (C=S) groups is 1. The van der Waals surface area contributed by atoms with Gasteiger partial charge in [-0.15, -0.1) is 11.3 Å². The molecule has 0 radical (unpaired) electrons. The molecule has 1 aromatic carbocycles. The van der Waals surface area contributed by atoms with Crippen LogP contribution in [-0.2, 0) is 11.3 Å². The van der Waals surface area contributed by atoms with E-state index in [-0.39, 0.29) is 12.7 Å². The molecule has 1 aromatic heterocycles. The van der Waals surface area contributed by atoms with Crippen molar-refractivity contribution in [1.82, 2.24) is 4.90 Å². The van der Waals surface area contributed by atoms with Crippen LogP contribution in [0.5, 0.6) is 11.5 Å². The molecule has 2 aliphatic rings. The van der Waals surface area contributed by atoms with E-state index < -0.39 is 0 Å². The van der Waals surface area contributed by atoms with Gasteiger partial charge in [-0.25, -0.2) is 0 Å². The highest BCUT2D eigenvalue weighted by atomic mass is 32.2. The molecule has 7 heteroatoms. The second kappa shape index (κ2) is 5.99. The Kier molecular flexibility index (Phi) is 3.84. The van der Waals surface area contributed by atoms with Gasteiger partial charge < -0.3 is 9.47 Å². The maximum absolute atomic E-state index is 12.6. The normalized spacial score (nSPS) is 18.3. The van der Waals surface area contributed by atoms with Gasteiger partial charge in [-0.3, -0.25) is 9.69 Å². The molecule has 0 aliphatic carbocycles. The third kappa shape index (κ3) is 2.87. The fourth-order valence-electron chi connectivity index (χ4n) is 2.36. The molecule has 0 saturated carbocycles. The van der Waals surface area contributed by atoms with Crippen molar-refractivity contribution in [3.63, 3.8) is 0 Å². The van der Waals surface area contributed by atoms with Gasteiger partial charge in [0.1, 0.15) is 4.32 Å². The van der Waals surface area contributed by atoms with Gasteiger partial charge in [-0.05, 0) is 35.2 Å². The van der Waals surface area contributed by atoms with Crippen LogP contribution in [0.4, 0.5) is 0 Å². The minimum Gasteiger partial charge on any atom is -0.454 e. The van der Waals surface area contributed by atoms with Gasteiger partial charge in [-0.1, -0.05) is 36.1 Å². The molecule has 4 nitrogen and oxygen atoms in total. The van der Waals surface area contributed by atoms with E-state index >= 15 is 0 Å². The van der Waals surface area contributed by atoms with E-state index in [1.54, 1.807) is 16.2 Å². The van der Waals surface area contributed by atoms with Crippen LogP contribution in [0.2, 0.25) is 0 Å². The van der Waals surface area contributed by atoms with Crippen LogP contribution in [0, 0.1) is 0 Å². The molecule has 3 heterocycles. The van der Waals surface area contributed by atoms with E-state index in [1.165, 1.54) is 11.8 Å². The van der Waals surface area contributed by atoms with Crippen molar-refractivity contribution >= 4 is 51.6 Å². The van der Waals surface area contributed by atoms with E-state index in [4.69, 9.17) is 21.7 Å². The SMILES string of the molecule is O=C1/C(=C/c2cccs2)SC(=S)N1Cc1ccc2c(c1)OCO2. The summed E-state index contributed by atoms with van der Waals surface area (Å²) in [5.74, 6) is 1.39. The fourth-order valence-corrected chi connectivity index (χ4v) is 4.34. The summed E-state index contributed by atoms with van der Waals surface area (Å²) in [7, 11) is 0. The molecule has 116 valence electrons. The number of nitrogens with zero attached hydrogens (tertiary/aromatic N) is 1. The molecule has 0 atom stereocenters. The second-order valence-corrected chi connectivity index (χ2v) is 7.63. The largest absolute Gasteiger partial charge is 0.454 e. The maximum atomic E-state index is 12.6. The third-order valence-electron chi connectivity index (χ3n) is 3.47. The Morgan fingerprint density at radius 2 is 2.13 bits per heavy atom. The number of benzene rings is 1. The van der Waals surface area contributed by atoms with Crippen LogP contribution in [0.3, 0.4) is 0 Å². The highest BCUT2D eigenvalue weighted by Crippen LogP contribution is 2.36. The molecule has 1 amide bonds. The van der Waals surface area contributed by atoms with Crippen molar-refractivity contribution < 1.29 is 14.3 Å².